The molecule has 2 heterocycles. The van der Waals surface area contributed by atoms with Crippen LogP contribution in [-0.2, 0) is 25.4 Å². The van der Waals surface area contributed by atoms with Gasteiger partial charge < -0.3 is 5.32 Å². The van der Waals surface area contributed by atoms with Crippen LogP contribution in [0.15, 0.2) is 6.20 Å². The predicted molar refractivity (Wildman–Crippen MR) is 78.8 cm³/mol. The van der Waals surface area contributed by atoms with E-state index < -0.39 is 0 Å². The van der Waals surface area contributed by atoms with Crippen LogP contribution in [0.4, 0.5) is 0 Å². The lowest BCUT2D eigenvalue weighted by molar-refractivity contribution is 0.0940. The number of aromatic amines is 1. The van der Waals surface area contributed by atoms with Crippen LogP contribution in [0, 0.1) is 0 Å². The highest BCUT2D eigenvalue weighted by molar-refractivity contribution is 5.90. The van der Waals surface area contributed by atoms with Gasteiger partial charge in [0.2, 0.25) is 5.82 Å². The molecule has 0 aliphatic rings. The molecule has 0 aromatic carbocycles. The monoisotopic (exact) mass is 290 g/mol. The number of rotatable bonds is 4. The highest BCUT2D eigenvalue weighted by atomic mass is 16.2. The molecule has 2 N–H and O–H groups in total. The van der Waals surface area contributed by atoms with Gasteiger partial charge in [-0.1, -0.05) is 27.7 Å². The van der Waals surface area contributed by atoms with E-state index in [1.54, 1.807) is 4.68 Å². The Morgan fingerprint density at radius 1 is 1.43 bits per heavy atom. The van der Waals surface area contributed by atoms with Crippen molar-refractivity contribution in [1.82, 2.24) is 30.3 Å². The number of aromatic nitrogens is 5. The van der Waals surface area contributed by atoms with Crippen molar-refractivity contribution in [2.24, 2.45) is 7.05 Å². The number of nitrogens with zero attached hydrogens (tertiary/aromatic N) is 4. The molecule has 0 spiro atoms. The fourth-order valence-electron chi connectivity index (χ4n) is 1.98. The maximum absolute atomic E-state index is 12.1. The van der Waals surface area contributed by atoms with Crippen LogP contribution in [0.25, 0.3) is 0 Å². The van der Waals surface area contributed by atoms with Gasteiger partial charge in [-0.25, -0.2) is 4.98 Å². The van der Waals surface area contributed by atoms with E-state index in [4.69, 9.17) is 0 Å². The Morgan fingerprint density at radius 3 is 2.71 bits per heavy atom. The lowest BCUT2D eigenvalue weighted by atomic mass is 9.96. The van der Waals surface area contributed by atoms with E-state index in [2.05, 4.69) is 25.6 Å². The summed E-state index contributed by atoms with van der Waals surface area (Å²) in [5.41, 5.74) is 1.84. The Morgan fingerprint density at radius 2 is 2.14 bits per heavy atom. The minimum atomic E-state index is -0.285. The summed E-state index contributed by atoms with van der Waals surface area (Å²) in [5, 5.41) is 14.0. The summed E-state index contributed by atoms with van der Waals surface area (Å²) in [6, 6.07) is 0. The molecular formula is C14H22N6O. The van der Waals surface area contributed by atoms with Crippen molar-refractivity contribution in [2.45, 2.75) is 46.1 Å². The Hall–Kier alpha value is -2.18. The Balaban J connectivity index is 2.03. The normalized spacial score (nSPS) is 11.7. The SMILES string of the molecule is CCc1nn(C)cc1CNC(=O)c1n[nH]c(C(C)(C)C)n1. The van der Waals surface area contributed by atoms with Crippen molar-refractivity contribution in [3.63, 3.8) is 0 Å². The van der Waals surface area contributed by atoms with Crippen LogP contribution in [0.3, 0.4) is 0 Å². The van der Waals surface area contributed by atoms with Gasteiger partial charge in [-0.05, 0) is 6.42 Å². The third-order valence-electron chi connectivity index (χ3n) is 3.16. The maximum atomic E-state index is 12.1. The van der Waals surface area contributed by atoms with Gasteiger partial charge in [0, 0.05) is 30.8 Å². The number of aryl methyl sites for hydroxylation is 2. The molecule has 7 nitrogen and oxygen atoms in total. The number of amides is 1. The molecule has 2 aromatic rings. The predicted octanol–water partition coefficient (Wildman–Crippen LogP) is 1.33. The number of H-pyrrole nitrogens is 1. The van der Waals surface area contributed by atoms with Gasteiger partial charge in [0.05, 0.1) is 5.69 Å². The Bertz CT molecular complexity index is 634. The van der Waals surface area contributed by atoms with Gasteiger partial charge in [-0.3, -0.25) is 14.6 Å². The standard InChI is InChI=1S/C14H22N6O/c1-6-10-9(8-20(5)19-10)7-15-12(21)11-16-13(18-17-11)14(2,3)4/h8H,6-7H2,1-5H3,(H,15,21)(H,16,17,18). The van der Waals surface area contributed by atoms with Crippen LogP contribution >= 0.6 is 0 Å². The zero-order valence-electron chi connectivity index (χ0n) is 13.2. The number of hydrogen-bond acceptors (Lipinski definition) is 4. The van der Waals surface area contributed by atoms with Crippen molar-refractivity contribution in [2.75, 3.05) is 0 Å². The van der Waals surface area contributed by atoms with Crippen molar-refractivity contribution in [3.05, 3.63) is 29.1 Å². The third kappa shape index (κ3) is 3.48. The molecule has 0 unspecified atom stereocenters. The largest absolute Gasteiger partial charge is 0.345 e. The minimum Gasteiger partial charge on any atom is -0.345 e. The molecule has 7 heteroatoms. The lowest BCUT2D eigenvalue weighted by Crippen LogP contribution is -2.24. The number of carbonyl (C=O) groups is 1. The molecule has 114 valence electrons. The molecular weight excluding hydrogens is 268 g/mol. The first-order chi connectivity index (χ1) is 9.81. The van der Waals surface area contributed by atoms with Gasteiger partial charge in [0.25, 0.3) is 5.91 Å². The van der Waals surface area contributed by atoms with Gasteiger partial charge >= 0.3 is 0 Å². The topological polar surface area (TPSA) is 88.5 Å². The van der Waals surface area contributed by atoms with E-state index >= 15 is 0 Å². The second kappa shape index (κ2) is 5.67. The molecule has 0 bridgehead atoms. The number of nitrogens with one attached hydrogen (secondary N) is 2. The van der Waals surface area contributed by atoms with Crippen LogP contribution in [-0.4, -0.2) is 30.9 Å². The van der Waals surface area contributed by atoms with E-state index in [-0.39, 0.29) is 17.1 Å². The maximum Gasteiger partial charge on any atom is 0.291 e. The molecule has 0 atom stereocenters. The lowest BCUT2D eigenvalue weighted by Gasteiger charge is -2.12. The van der Waals surface area contributed by atoms with Gasteiger partial charge in [-0.2, -0.15) is 5.10 Å². The van der Waals surface area contributed by atoms with E-state index in [9.17, 15) is 4.79 Å². The first kappa shape index (κ1) is 15.2. The van der Waals surface area contributed by atoms with Crippen molar-refractivity contribution in [1.29, 1.82) is 0 Å². The molecule has 0 aliphatic carbocycles. The van der Waals surface area contributed by atoms with Crippen LogP contribution in [0.2, 0.25) is 0 Å². The number of carbonyl (C=O) groups excluding carboxylic acids is 1. The van der Waals surface area contributed by atoms with Crippen molar-refractivity contribution < 1.29 is 4.79 Å². The minimum absolute atomic E-state index is 0.162. The van der Waals surface area contributed by atoms with Crippen LogP contribution in [0.1, 0.15) is 55.4 Å². The zero-order valence-corrected chi connectivity index (χ0v) is 13.2. The first-order valence-corrected chi connectivity index (χ1v) is 7.03. The Labute approximate surface area is 124 Å². The second-order valence-corrected chi connectivity index (χ2v) is 6.07. The summed E-state index contributed by atoms with van der Waals surface area (Å²) in [5.74, 6) is 0.581. The molecule has 0 saturated heterocycles. The molecule has 0 radical (unpaired) electrons. The number of hydrogen-bond donors (Lipinski definition) is 2. The summed E-state index contributed by atoms with van der Waals surface area (Å²) in [7, 11) is 1.87. The van der Waals surface area contributed by atoms with Crippen molar-refractivity contribution in [3.8, 4) is 0 Å². The van der Waals surface area contributed by atoms with Gasteiger partial charge in [-0.15, -0.1) is 5.10 Å². The van der Waals surface area contributed by atoms with E-state index in [1.165, 1.54) is 0 Å². The van der Waals surface area contributed by atoms with Gasteiger partial charge in [0.1, 0.15) is 5.82 Å². The third-order valence-corrected chi connectivity index (χ3v) is 3.16. The van der Waals surface area contributed by atoms with Crippen molar-refractivity contribution >= 4 is 5.91 Å². The summed E-state index contributed by atoms with van der Waals surface area (Å²) < 4.78 is 1.75. The smallest absolute Gasteiger partial charge is 0.291 e. The fourth-order valence-corrected chi connectivity index (χ4v) is 1.98. The van der Waals surface area contributed by atoms with Crippen LogP contribution in [0.5, 0.6) is 0 Å². The van der Waals surface area contributed by atoms with E-state index in [0.717, 1.165) is 17.7 Å². The molecule has 0 aliphatic heterocycles. The summed E-state index contributed by atoms with van der Waals surface area (Å²) in [6.45, 7) is 8.50. The van der Waals surface area contributed by atoms with E-state index in [0.29, 0.717) is 12.4 Å². The highest BCUT2D eigenvalue weighted by Gasteiger charge is 2.21. The molecule has 21 heavy (non-hydrogen) atoms. The van der Waals surface area contributed by atoms with Crippen LogP contribution < -0.4 is 5.32 Å². The van der Waals surface area contributed by atoms with Gasteiger partial charge in [0.15, 0.2) is 0 Å². The zero-order chi connectivity index (χ0) is 15.6. The molecule has 2 rings (SSSR count). The fraction of sp³-hybridized carbons (Fsp3) is 0.571. The molecule has 0 saturated carbocycles. The molecule has 1 amide bonds. The summed E-state index contributed by atoms with van der Waals surface area (Å²) >= 11 is 0. The highest BCUT2D eigenvalue weighted by Crippen LogP contribution is 2.17. The summed E-state index contributed by atoms with van der Waals surface area (Å²) in [4.78, 5) is 16.3. The first-order valence-electron chi connectivity index (χ1n) is 7.03. The summed E-state index contributed by atoms with van der Waals surface area (Å²) in [6.07, 6.45) is 2.75. The average Bonchev–Trinajstić information content (AvgIpc) is 3.01. The average molecular weight is 290 g/mol. The quantitative estimate of drug-likeness (QED) is 0.889. The van der Waals surface area contributed by atoms with E-state index in [1.807, 2.05) is 40.9 Å². The molecule has 0 fully saturated rings. The Kier molecular flexibility index (Phi) is 4.11. The second-order valence-electron chi connectivity index (χ2n) is 6.07. The molecule has 2 aromatic heterocycles.